The van der Waals surface area contributed by atoms with Gasteiger partial charge in [0.1, 0.15) is 6.61 Å². The monoisotopic (exact) mass is 346 g/mol. The third kappa shape index (κ3) is 2.92. The van der Waals surface area contributed by atoms with Gasteiger partial charge in [-0.2, -0.15) is 5.10 Å². The van der Waals surface area contributed by atoms with E-state index >= 15 is 0 Å². The van der Waals surface area contributed by atoms with Crippen LogP contribution in [0.4, 0.5) is 4.39 Å². The van der Waals surface area contributed by atoms with Crippen molar-refractivity contribution in [2.75, 3.05) is 0 Å². The van der Waals surface area contributed by atoms with Crippen molar-refractivity contribution in [2.45, 2.75) is 19.4 Å². The van der Waals surface area contributed by atoms with E-state index in [1.54, 1.807) is 16.8 Å². The Kier molecular flexibility index (Phi) is 4.47. The number of aromatic nitrogens is 2. The molecule has 0 unspecified atom stereocenters. The molecule has 2 rings (SSSR count). The second-order valence-corrected chi connectivity index (χ2v) is 5.18. The van der Waals surface area contributed by atoms with E-state index in [4.69, 9.17) is 16.3 Å². The van der Waals surface area contributed by atoms with Crippen LogP contribution in [0.3, 0.4) is 0 Å². The topological polar surface area (TPSA) is 27.1 Å². The first-order chi connectivity index (χ1) is 9.04. The smallest absolute Gasteiger partial charge is 0.165 e. The minimum atomic E-state index is -0.409. The SMILES string of the molecule is Cc1nn(C)c(COc2c(F)cccc2CCl)c1Br. The summed E-state index contributed by atoms with van der Waals surface area (Å²) in [7, 11) is 1.82. The largest absolute Gasteiger partial charge is 0.484 e. The van der Waals surface area contributed by atoms with E-state index in [0.717, 1.165) is 15.9 Å². The van der Waals surface area contributed by atoms with Crippen LogP contribution in [-0.2, 0) is 19.5 Å². The average Bonchev–Trinajstić information content (AvgIpc) is 2.62. The zero-order valence-corrected chi connectivity index (χ0v) is 12.9. The maximum absolute atomic E-state index is 13.7. The number of hydrogen-bond acceptors (Lipinski definition) is 2. The van der Waals surface area contributed by atoms with Gasteiger partial charge in [0, 0.05) is 12.6 Å². The quantitative estimate of drug-likeness (QED) is 0.783. The van der Waals surface area contributed by atoms with E-state index in [1.165, 1.54) is 6.07 Å². The Morgan fingerprint density at radius 1 is 1.47 bits per heavy atom. The van der Waals surface area contributed by atoms with Crippen molar-refractivity contribution in [1.29, 1.82) is 0 Å². The molecule has 3 nitrogen and oxygen atoms in total. The highest BCUT2D eigenvalue weighted by Gasteiger charge is 2.14. The Morgan fingerprint density at radius 3 is 2.79 bits per heavy atom. The van der Waals surface area contributed by atoms with Gasteiger partial charge in [-0.1, -0.05) is 12.1 Å². The molecule has 0 aliphatic heterocycles. The average molecular weight is 348 g/mol. The fourth-order valence-electron chi connectivity index (χ4n) is 1.80. The fraction of sp³-hybridized carbons (Fsp3) is 0.308. The van der Waals surface area contributed by atoms with E-state index in [2.05, 4.69) is 21.0 Å². The van der Waals surface area contributed by atoms with Crippen LogP contribution >= 0.6 is 27.5 Å². The molecule has 0 bridgehead atoms. The highest BCUT2D eigenvalue weighted by atomic mass is 79.9. The van der Waals surface area contributed by atoms with Crippen molar-refractivity contribution in [1.82, 2.24) is 9.78 Å². The second-order valence-electron chi connectivity index (χ2n) is 4.12. The molecular weight excluding hydrogens is 335 g/mol. The Morgan fingerprint density at radius 2 is 2.21 bits per heavy atom. The van der Waals surface area contributed by atoms with Crippen molar-refractivity contribution in [3.63, 3.8) is 0 Å². The van der Waals surface area contributed by atoms with Gasteiger partial charge in [-0.25, -0.2) is 4.39 Å². The van der Waals surface area contributed by atoms with Crippen molar-refractivity contribution in [3.8, 4) is 5.75 Å². The zero-order valence-electron chi connectivity index (χ0n) is 10.6. The number of benzene rings is 1. The second kappa shape index (κ2) is 5.92. The van der Waals surface area contributed by atoms with E-state index < -0.39 is 5.82 Å². The van der Waals surface area contributed by atoms with Crippen molar-refractivity contribution >= 4 is 27.5 Å². The van der Waals surface area contributed by atoms with Crippen LogP contribution in [0.25, 0.3) is 0 Å². The van der Waals surface area contributed by atoms with Gasteiger partial charge in [0.05, 0.1) is 21.7 Å². The Labute approximate surface area is 124 Å². The molecule has 1 heterocycles. The first-order valence-electron chi connectivity index (χ1n) is 5.68. The molecule has 1 aromatic carbocycles. The molecule has 0 aliphatic carbocycles. The van der Waals surface area contributed by atoms with E-state index in [1.807, 2.05) is 14.0 Å². The number of para-hydroxylation sites is 1. The third-order valence-electron chi connectivity index (χ3n) is 2.81. The molecule has 1 aromatic heterocycles. The molecule has 0 atom stereocenters. The summed E-state index contributed by atoms with van der Waals surface area (Å²) >= 11 is 9.22. The van der Waals surface area contributed by atoms with Crippen molar-refractivity contribution in [2.24, 2.45) is 7.05 Å². The standard InChI is InChI=1S/C13H13BrClFN2O/c1-8-12(14)11(18(2)17-8)7-19-13-9(6-15)4-3-5-10(13)16/h3-5H,6-7H2,1-2H3. The molecular formula is C13H13BrClFN2O. The summed E-state index contributed by atoms with van der Waals surface area (Å²) < 4.78 is 21.9. The molecule has 0 amide bonds. The molecule has 0 spiro atoms. The van der Waals surface area contributed by atoms with E-state index in [9.17, 15) is 4.39 Å². The summed E-state index contributed by atoms with van der Waals surface area (Å²) in [6.07, 6.45) is 0. The third-order valence-corrected chi connectivity index (χ3v) is 4.13. The van der Waals surface area contributed by atoms with Gasteiger partial charge in [-0.05, 0) is 28.9 Å². The van der Waals surface area contributed by atoms with Crippen LogP contribution < -0.4 is 4.74 Å². The van der Waals surface area contributed by atoms with Crippen LogP contribution in [0.2, 0.25) is 0 Å². The molecule has 0 fully saturated rings. The van der Waals surface area contributed by atoms with Crippen molar-refractivity contribution in [3.05, 3.63) is 45.4 Å². The van der Waals surface area contributed by atoms with Crippen molar-refractivity contribution < 1.29 is 9.13 Å². The zero-order chi connectivity index (χ0) is 14.0. The summed E-state index contributed by atoms with van der Waals surface area (Å²) in [6, 6.07) is 4.72. The lowest BCUT2D eigenvalue weighted by molar-refractivity contribution is 0.277. The van der Waals surface area contributed by atoms with Gasteiger partial charge >= 0.3 is 0 Å². The number of aryl methyl sites for hydroxylation is 2. The lowest BCUT2D eigenvalue weighted by Crippen LogP contribution is -2.05. The minimum Gasteiger partial charge on any atom is -0.484 e. The molecule has 102 valence electrons. The summed E-state index contributed by atoms with van der Waals surface area (Å²) in [5.74, 6) is -0.00463. The van der Waals surface area contributed by atoms with Gasteiger partial charge in [0.15, 0.2) is 11.6 Å². The van der Waals surface area contributed by atoms with Crippen LogP contribution in [0, 0.1) is 12.7 Å². The lowest BCUT2D eigenvalue weighted by atomic mass is 10.2. The summed E-state index contributed by atoms with van der Waals surface area (Å²) in [5, 5.41) is 4.26. The van der Waals surface area contributed by atoms with Crippen LogP contribution in [0.5, 0.6) is 5.75 Å². The first-order valence-corrected chi connectivity index (χ1v) is 7.01. The summed E-state index contributed by atoms with van der Waals surface area (Å²) in [4.78, 5) is 0. The number of hydrogen-bond donors (Lipinski definition) is 0. The van der Waals surface area contributed by atoms with E-state index in [0.29, 0.717) is 5.56 Å². The molecule has 0 radical (unpaired) electrons. The Hall–Kier alpha value is -1.07. The molecule has 0 saturated carbocycles. The maximum Gasteiger partial charge on any atom is 0.165 e. The number of rotatable bonds is 4. The Balaban J connectivity index is 2.24. The number of nitrogens with zero attached hydrogens (tertiary/aromatic N) is 2. The number of ether oxygens (including phenoxy) is 1. The molecule has 0 N–H and O–H groups in total. The molecule has 0 saturated heterocycles. The predicted molar refractivity (Wildman–Crippen MR) is 75.9 cm³/mol. The highest BCUT2D eigenvalue weighted by molar-refractivity contribution is 9.10. The maximum atomic E-state index is 13.7. The molecule has 19 heavy (non-hydrogen) atoms. The lowest BCUT2D eigenvalue weighted by Gasteiger charge is -2.11. The molecule has 6 heteroatoms. The van der Waals surface area contributed by atoms with Crippen LogP contribution in [0.1, 0.15) is 17.0 Å². The number of halogens is 3. The Bertz CT molecular complexity index is 601. The first kappa shape index (κ1) is 14.3. The van der Waals surface area contributed by atoms with Gasteiger partial charge in [0.25, 0.3) is 0 Å². The minimum absolute atomic E-state index is 0.197. The summed E-state index contributed by atoms with van der Waals surface area (Å²) in [6.45, 7) is 2.11. The van der Waals surface area contributed by atoms with Gasteiger partial charge in [-0.15, -0.1) is 11.6 Å². The number of alkyl halides is 1. The van der Waals surface area contributed by atoms with Gasteiger partial charge < -0.3 is 4.74 Å². The van der Waals surface area contributed by atoms with Crippen LogP contribution in [-0.4, -0.2) is 9.78 Å². The molecule has 0 aliphatic rings. The highest BCUT2D eigenvalue weighted by Crippen LogP contribution is 2.27. The predicted octanol–water partition coefficient (Wildman–Crippen LogP) is 3.95. The summed E-state index contributed by atoms with van der Waals surface area (Å²) in [5.41, 5.74) is 2.35. The normalized spacial score (nSPS) is 10.8. The van der Waals surface area contributed by atoms with E-state index in [-0.39, 0.29) is 18.2 Å². The van der Waals surface area contributed by atoms with Crippen LogP contribution in [0.15, 0.2) is 22.7 Å². The van der Waals surface area contributed by atoms with Gasteiger partial charge in [-0.3, -0.25) is 4.68 Å². The van der Waals surface area contributed by atoms with Gasteiger partial charge in [0.2, 0.25) is 0 Å². The fourth-order valence-corrected chi connectivity index (χ4v) is 2.46. The molecule has 2 aromatic rings.